The van der Waals surface area contributed by atoms with Gasteiger partial charge in [-0.25, -0.2) is 0 Å². The molecule has 4 rings (SSSR count). The van der Waals surface area contributed by atoms with Crippen molar-refractivity contribution in [2.45, 2.75) is 32.2 Å². The minimum absolute atomic E-state index is 0.0456. The molecule has 0 fully saturated rings. The third-order valence-electron chi connectivity index (χ3n) is 6.15. The van der Waals surface area contributed by atoms with Crippen LogP contribution in [-0.2, 0) is 12.0 Å². The summed E-state index contributed by atoms with van der Waals surface area (Å²) in [6.07, 6.45) is 12.3. The van der Waals surface area contributed by atoms with Gasteiger partial charge in [0, 0.05) is 55.7 Å². The number of rotatable bonds is 4. The molecule has 2 aliphatic carbocycles. The highest BCUT2D eigenvalue weighted by molar-refractivity contribution is 5.82. The molecular weight excluding hydrogens is 370 g/mol. The Morgan fingerprint density at radius 1 is 1.20 bits per heavy atom. The molecule has 2 aromatic rings. The van der Waals surface area contributed by atoms with Crippen LogP contribution in [-0.4, -0.2) is 25.3 Å². The number of nitrogens with zero attached hydrogens (tertiary/aromatic N) is 2. The van der Waals surface area contributed by atoms with E-state index < -0.39 is 5.54 Å². The van der Waals surface area contributed by atoms with Crippen molar-refractivity contribution >= 4 is 18.0 Å². The summed E-state index contributed by atoms with van der Waals surface area (Å²) in [6, 6.07) is 11.9. The number of hydrogen-bond donors (Lipinski definition) is 1. The Morgan fingerprint density at radius 3 is 2.77 bits per heavy atom. The second kappa shape index (κ2) is 7.94. The summed E-state index contributed by atoms with van der Waals surface area (Å²) in [6.45, 7) is 4.28. The lowest BCUT2D eigenvalue weighted by molar-refractivity contribution is 0.413. The first kappa shape index (κ1) is 20.1. The molecule has 1 aromatic carbocycles. The lowest BCUT2D eigenvalue weighted by atomic mass is 9.63. The number of aliphatic imine (C=N–C) groups is 1. The van der Waals surface area contributed by atoms with Crippen molar-refractivity contribution in [1.29, 1.82) is 0 Å². The third kappa shape index (κ3) is 3.47. The molecule has 4 heteroatoms. The van der Waals surface area contributed by atoms with Gasteiger partial charge in [-0.15, -0.1) is 0 Å². The number of aromatic nitrogens is 1. The van der Waals surface area contributed by atoms with Gasteiger partial charge in [0.2, 0.25) is 5.56 Å². The molecule has 0 saturated heterocycles. The fourth-order valence-electron chi connectivity index (χ4n) is 5.01. The maximum Gasteiger partial charge on any atom is 0.248 e. The molecule has 0 saturated carbocycles. The monoisotopic (exact) mass is 399 g/mol. The SMILES string of the molecule is C/C=C1\[C@H]2C=C(C)C[C@]1(N=C/C=C/c1ccccc1N(C)C)c1ccc(=O)[nH]c1C2. The van der Waals surface area contributed by atoms with Crippen molar-refractivity contribution in [3.63, 3.8) is 0 Å². The third-order valence-corrected chi connectivity index (χ3v) is 6.15. The van der Waals surface area contributed by atoms with Crippen LogP contribution in [0.15, 0.2) is 75.6 Å². The van der Waals surface area contributed by atoms with Crippen molar-refractivity contribution < 1.29 is 0 Å². The molecule has 0 amide bonds. The van der Waals surface area contributed by atoms with Gasteiger partial charge in [0.15, 0.2) is 0 Å². The number of nitrogens with one attached hydrogen (secondary N) is 1. The van der Waals surface area contributed by atoms with Gasteiger partial charge in [0.25, 0.3) is 0 Å². The minimum atomic E-state index is -0.443. The number of anilines is 1. The Kier molecular flexibility index (Phi) is 5.33. The zero-order chi connectivity index (χ0) is 21.3. The topological polar surface area (TPSA) is 48.5 Å². The number of hydrogen-bond acceptors (Lipinski definition) is 3. The van der Waals surface area contributed by atoms with Crippen LogP contribution in [0.1, 0.15) is 37.1 Å². The maximum atomic E-state index is 11.9. The van der Waals surface area contributed by atoms with Crippen LogP contribution in [0.4, 0.5) is 5.69 Å². The van der Waals surface area contributed by atoms with Crippen molar-refractivity contribution in [1.82, 2.24) is 4.98 Å². The molecule has 0 radical (unpaired) electrons. The molecule has 0 unspecified atom stereocenters. The van der Waals surface area contributed by atoms with E-state index in [9.17, 15) is 4.79 Å². The molecule has 1 heterocycles. The zero-order valence-electron chi connectivity index (χ0n) is 18.1. The van der Waals surface area contributed by atoms with E-state index in [1.807, 2.05) is 24.4 Å². The van der Waals surface area contributed by atoms with Crippen molar-refractivity contribution in [3.05, 3.63) is 92.9 Å². The highest BCUT2D eigenvalue weighted by Gasteiger charge is 2.46. The molecule has 0 aliphatic heterocycles. The Hall–Kier alpha value is -3.14. The molecule has 2 bridgehead atoms. The fourth-order valence-corrected chi connectivity index (χ4v) is 5.01. The van der Waals surface area contributed by atoms with E-state index in [0.717, 1.165) is 29.7 Å². The van der Waals surface area contributed by atoms with Crippen LogP contribution in [0.25, 0.3) is 6.08 Å². The lowest BCUT2D eigenvalue weighted by Crippen LogP contribution is -2.40. The first-order valence-electron chi connectivity index (χ1n) is 10.5. The van der Waals surface area contributed by atoms with Crippen LogP contribution in [0.3, 0.4) is 0 Å². The average Bonchev–Trinajstić information content (AvgIpc) is 2.70. The van der Waals surface area contributed by atoms with Gasteiger partial charge < -0.3 is 9.88 Å². The van der Waals surface area contributed by atoms with Crippen molar-refractivity contribution in [3.8, 4) is 0 Å². The molecule has 1 aromatic heterocycles. The summed E-state index contributed by atoms with van der Waals surface area (Å²) in [5, 5.41) is 0. The van der Waals surface area contributed by atoms with Crippen molar-refractivity contribution in [2.75, 3.05) is 19.0 Å². The van der Waals surface area contributed by atoms with E-state index in [4.69, 9.17) is 4.99 Å². The predicted molar refractivity (Wildman–Crippen MR) is 126 cm³/mol. The van der Waals surface area contributed by atoms with Crippen LogP contribution >= 0.6 is 0 Å². The highest BCUT2D eigenvalue weighted by Crippen LogP contribution is 2.51. The molecular formula is C26H29N3O. The first-order chi connectivity index (χ1) is 14.4. The second-order valence-corrected chi connectivity index (χ2v) is 8.41. The van der Waals surface area contributed by atoms with Crippen LogP contribution < -0.4 is 10.5 Å². The van der Waals surface area contributed by atoms with Crippen LogP contribution in [0.5, 0.6) is 0 Å². The number of allylic oxidation sites excluding steroid dienone is 3. The Morgan fingerprint density at radius 2 is 2.00 bits per heavy atom. The van der Waals surface area contributed by atoms with Gasteiger partial charge in [-0.05, 0) is 49.6 Å². The zero-order valence-corrected chi connectivity index (χ0v) is 18.1. The van der Waals surface area contributed by atoms with Gasteiger partial charge in [0.1, 0.15) is 5.54 Å². The van der Waals surface area contributed by atoms with E-state index in [-0.39, 0.29) is 11.5 Å². The fraction of sp³-hybridized carbons (Fsp3) is 0.308. The maximum absolute atomic E-state index is 11.9. The average molecular weight is 400 g/mol. The summed E-state index contributed by atoms with van der Waals surface area (Å²) >= 11 is 0. The number of para-hydroxylation sites is 1. The lowest BCUT2D eigenvalue weighted by Gasteiger charge is -2.45. The summed E-state index contributed by atoms with van der Waals surface area (Å²) in [5.74, 6) is 0.282. The smallest absolute Gasteiger partial charge is 0.248 e. The van der Waals surface area contributed by atoms with Crippen LogP contribution in [0, 0.1) is 5.92 Å². The number of fused-ring (bicyclic) bond motifs is 4. The molecule has 4 nitrogen and oxygen atoms in total. The van der Waals surface area contributed by atoms with Gasteiger partial charge >= 0.3 is 0 Å². The number of benzene rings is 1. The Labute approximate surface area is 178 Å². The number of aromatic amines is 1. The van der Waals surface area contributed by atoms with Crippen LogP contribution in [0.2, 0.25) is 0 Å². The first-order valence-corrected chi connectivity index (χ1v) is 10.5. The van der Waals surface area contributed by atoms with E-state index in [1.54, 1.807) is 6.07 Å². The van der Waals surface area contributed by atoms with Gasteiger partial charge in [-0.1, -0.05) is 42.0 Å². The van der Waals surface area contributed by atoms with Gasteiger partial charge in [-0.2, -0.15) is 0 Å². The van der Waals surface area contributed by atoms with Gasteiger partial charge in [-0.3, -0.25) is 9.79 Å². The predicted octanol–water partition coefficient (Wildman–Crippen LogP) is 4.89. The number of pyridine rings is 1. The quantitative estimate of drug-likeness (QED) is 0.588. The van der Waals surface area contributed by atoms with E-state index in [0.29, 0.717) is 0 Å². The molecule has 154 valence electrons. The largest absolute Gasteiger partial charge is 0.377 e. The highest BCUT2D eigenvalue weighted by atomic mass is 16.1. The molecule has 1 N–H and O–H groups in total. The molecule has 0 spiro atoms. The number of H-pyrrole nitrogens is 1. The summed E-state index contributed by atoms with van der Waals surface area (Å²) in [7, 11) is 4.10. The Bertz CT molecular complexity index is 1130. The standard InChI is InChI=1S/C26H29N3O/c1-5-21-20-15-18(2)17-26(21,22-12-13-25(30)28-23(22)16-20)27-14-8-10-19-9-6-7-11-24(19)29(3)4/h5-15,20H,16-17H2,1-4H3,(H,28,30)/b10-8+,21-5+,27-14?/t20-,26+/m0/s1. The second-order valence-electron chi connectivity index (χ2n) is 8.41. The summed E-state index contributed by atoms with van der Waals surface area (Å²) in [4.78, 5) is 22.3. The van der Waals surface area contributed by atoms with Crippen molar-refractivity contribution in [2.24, 2.45) is 10.9 Å². The van der Waals surface area contributed by atoms with E-state index in [1.165, 1.54) is 16.8 Å². The Balaban J connectivity index is 1.76. The molecule has 2 aliphatic rings. The molecule has 2 atom stereocenters. The molecule has 30 heavy (non-hydrogen) atoms. The van der Waals surface area contributed by atoms with E-state index >= 15 is 0 Å². The van der Waals surface area contributed by atoms with E-state index in [2.05, 4.69) is 74.3 Å². The normalized spacial score (nSPS) is 24.3. The summed E-state index contributed by atoms with van der Waals surface area (Å²) in [5.41, 5.74) is 6.65. The van der Waals surface area contributed by atoms with Gasteiger partial charge in [0.05, 0.1) is 0 Å². The summed E-state index contributed by atoms with van der Waals surface area (Å²) < 4.78 is 0. The minimum Gasteiger partial charge on any atom is -0.377 e.